The molecule has 5 nitrogen and oxygen atoms in total. The van der Waals surface area contributed by atoms with Gasteiger partial charge in [0.15, 0.2) is 0 Å². The zero-order valence-corrected chi connectivity index (χ0v) is 12.3. The molecule has 6 heteroatoms. The predicted molar refractivity (Wildman–Crippen MR) is 81.4 cm³/mol. The van der Waals surface area contributed by atoms with Crippen LogP contribution in [0.2, 0.25) is 0 Å². The number of nitrogen functional groups attached to an aromatic ring is 1. The van der Waals surface area contributed by atoms with Crippen molar-refractivity contribution in [2.24, 2.45) is 0 Å². The minimum absolute atomic E-state index is 0.0389. The van der Waals surface area contributed by atoms with Crippen LogP contribution in [0.4, 0.5) is 5.69 Å². The second kappa shape index (κ2) is 6.11. The van der Waals surface area contributed by atoms with E-state index < -0.39 is 0 Å². The first kappa shape index (κ1) is 14.6. The van der Waals surface area contributed by atoms with Gasteiger partial charge in [0.1, 0.15) is 10.6 Å². The Balaban J connectivity index is 2.36. The van der Waals surface area contributed by atoms with Crippen LogP contribution in [0.25, 0.3) is 10.1 Å². The lowest BCUT2D eigenvalue weighted by Crippen LogP contribution is -2.33. The van der Waals surface area contributed by atoms with E-state index in [1.54, 1.807) is 7.11 Å². The summed E-state index contributed by atoms with van der Waals surface area (Å²) in [6.07, 6.45) is 0.514. The summed E-state index contributed by atoms with van der Waals surface area (Å²) in [4.78, 5) is 12.7. The summed E-state index contributed by atoms with van der Waals surface area (Å²) in [6, 6.07) is 5.50. The van der Waals surface area contributed by atoms with Crippen LogP contribution in [-0.4, -0.2) is 30.8 Å². The fourth-order valence-corrected chi connectivity index (χ4v) is 3.08. The molecule has 1 amide bonds. The summed E-state index contributed by atoms with van der Waals surface area (Å²) in [6.45, 7) is 1.88. The lowest BCUT2D eigenvalue weighted by molar-refractivity contribution is 0.0939. The van der Waals surface area contributed by atoms with E-state index in [-0.39, 0.29) is 18.6 Å². The van der Waals surface area contributed by atoms with Gasteiger partial charge in [-0.25, -0.2) is 0 Å². The number of carbonyl (C=O) groups is 1. The Morgan fingerprint density at radius 3 is 2.95 bits per heavy atom. The first-order valence-corrected chi connectivity index (χ1v) is 7.16. The number of hydrogen-bond acceptors (Lipinski definition) is 5. The number of fused-ring (bicyclic) bond motifs is 1. The van der Waals surface area contributed by atoms with E-state index in [1.165, 1.54) is 11.3 Å². The molecule has 1 heterocycles. The van der Waals surface area contributed by atoms with Crippen LogP contribution in [0.15, 0.2) is 18.2 Å². The average molecular weight is 294 g/mol. The van der Waals surface area contributed by atoms with Gasteiger partial charge in [0.05, 0.1) is 18.2 Å². The van der Waals surface area contributed by atoms with Gasteiger partial charge in [-0.2, -0.15) is 0 Å². The molecule has 0 aliphatic rings. The molecule has 1 unspecified atom stereocenters. The second-order valence-electron chi connectivity index (χ2n) is 4.57. The maximum absolute atomic E-state index is 12.2. The first-order valence-electron chi connectivity index (χ1n) is 6.35. The Morgan fingerprint density at radius 1 is 1.55 bits per heavy atom. The molecule has 108 valence electrons. The SMILES string of the molecule is COc1cccc2sc(C(=O)NC(C)CCO)c(N)c12. The lowest BCUT2D eigenvalue weighted by Gasteiger charge is -2.11. The molecule has 2 aromatic rings. The molecule has 0 saturated carbocycles. The number of carbonyl (C=O) groups excluding carboxylic acids is 1. The number of aliphatic hydroxyl groups excluding tert-OH is 1. The van der Waals surface area contributed by atoms with Crippen LogP contribution in [0.1, 0.15) is 23.0 Å². The Morgan fingerprint density at radius 2 is 2.30 bits per heavy atom. The Labute approximate surface area is 121 Å². The highest BCUT2D eigenvalue weighted by Crippen LogP contribution is 2.39. The highest BCUT2D eigenvalue weighted by atomic mass is 32.1. The van der Waals surface area contributed by atoms with Crippen molar-refractivity contribution in [2.45, 2.75) is 19.4 Å². The van der Waals surface area contributed by atoms with Crippen molar-refractivity contribution < 1.29 is 14.6 Å². The van der Waals surface area contributed by atoms with Crippen molar-refractivity contribution >= 4 is 33.0 Å². The zero-order valence-electron chi connectivity index (χ0n) is 11.5. The standard InChI is InChI=1S/C14H18N2O3S/c1-8(6-7-17)16-14(18)13-12(15)11-9(19-2)4-3-5-10(11)20-13/h3-5,8,17H,6-7,15H2,1-2H3,(H,16,18). The average Bonchev–Trinajstić information content (AvgIpc) is 2.76. The first-order chi connectivity index (χ1) is 9.58. The molecule has 0 aliphatic carbocycles. The molecule has 20 heavy (non-hydrogen) atoms. The molecule has 0 radical (unpaired) electrons. The largest absolute Gasteiger partial charge is 0.496 e. The number of nitrogens with one attached hydrogen (secondary N) is 1. The molecular weight excluding hydrogens is 276 g/mol. The number of amides is 1. The molecule has 0 bridgehead atoms. The van der Waals surface area contributed by atoms with E-state index >= 15 is 0 Å². The number of hydrogen-bond donors (Lipinski definition) is 3. The van der Waals surface area contributed by atoms with Crippen molar-refractivity contribution in [3.05, 3.63) is 23.1 Å². The van der Waals surface area contributed by atoms with Gasteiger partial charge in [0.2, 0.25) is 0 Å². The molecule has 1 atom stereocenters. The maximum atomic E-state index is 12.2. The van der Waals surface area contributed by atoms with E-state index in [1.807, 2.05) is 25.1 Å². The third-order valence-corrected chi connectivity index (χ3v) is 4.25. The van der Waals surface area contributed by atoms with Gasteiger partial charge < -0.3 is 20.9 Å². The normalized spacial score (nSPS) is 12.3. The monoisotopic (exact) mass is 294 g/mol. The van der Waals surface area contributed by atoms with Crippen molar-refractivity contribution in [3.63, 3.8) is 0 Å². The summed E-state index contributed by atoms with van der Waals surface area (Å²) >= 11 is 1.34. The van der Waals surface area contributed by atoms with E-state index in [0.717, 1.165) is 10.1 Å². The van der Waals surface area contributed by atoms with Crippen LogP contribution in [-0.2, 0) is 0 Å². The van der Waals surface area contributed by atoms with Crippen molar-refractivity contribution in [1.29, 1.82) is 0 Å². The highest BCUT2D eigenvalue weighted by molar-refractivity contribution is 7.21. The fourth-order valence-electron chi connectivity index (χ4n) is 2.03. The van der Waals surface area contributed by atoms with Crippen LogP contribution >= 0.6 is 11.3 Å². The fraction of sp³-hybridized carbons (Fsp3) is 0.357. The van der Waals surface area contributed by atoms with Gasteiger partial charge in [-0.15, -0.1) is 11.3 Å². The highest BCUT2D eigenvalue weighted by Gasteiger charge is 2.19. The minimum Gasteiger partial charge on any atom is -0.496 e. The molecular formula is C14H18N2O3S. The molecule has 0 saturated heterocycles. The molecule has 1 aromatic carbocycles. The van der Waals surface area contributed by atoms with Gasteiger partial charge in [-0.1, -0.05) is 6.07 Å². The minimum atomic E-state index is -0.216. The van der Waals surface area contributed by atoms with Crippen molar-refractivity contribution in [3.8, 4) is 5.75 Å². The molecule has 0 fully saturated rings. The number of methoxy groups -OCH3 is 1. The van der Waals surface area contributed by atoms with Crippen molar-refractivity contribution in [1.82, 2.24) is 5.32 Å². The van der Waals surface area contributed by atoms with Gasteiger partial charge >= 0.3 is 0 Å². The Bertz CT molecular complexity index is 624. The van der Waals surface area contributed by atoms with E-state index in [2.05, 4.69) is 5.32 Å². The number of benzene rings is 1. The summed E-state index contributed by atoms with van der Waals surface area (Å²) in [7, 11) is 1.58. The summed E-state index contributed by atoms with van der Waals surface area (Å²) in [5, 5.41) is 12.5. The van der Waals surface area contributed by atoms with Gasteiger partial charge in [0.25, 0.3) is 5.91 Å². The van der Waals surface area contributed by atoms with E-state index in [0.29, 0.717) is 22.7 Å². The number of anilines is 1. The second-order valence-corrected chi connectivity index (χ2v) is 5.62. The van der Waals surface area contributed by atoms with Crippen LogP contribution in [0.5, 0.6) is 5.75 Å². The number of ether oxygens (including phenoxy) is 1. The number of thiophene rings is 1. The summed E-state index contributed by atoms with van der Waals surface area (Å²) in [5.74, 6) is 0.449. The van der Waals surface area contributed by atoms with Gasteiger partial charge in [-0.05, 0) is 25.5 Å². The quantitative estimate of drug-likeness (QED) is 0.787. The smallest absolute Gasteiger partial charge is 0.263 e. The lowest BCUT2D eigenvalue weighted by atomic mass is 10.2. The van der Waals surface area contributed by atoms with Crippen LogP contribution < -0.4 is 15.8 Å². The Hall–Kier alpha value is -1.79. The topological polar surface area (TPSA) is 84.6 Å². The van der Waals surface area contributed by atoms with Crippen molar-refractivity contribution in [2.75, 3.05) is 19.5 Å². The van der Waals surface area contributed by atoms with Crippen LogP contribution in [0, 0.1) is 0 Å². The zero-order chi connectivity index (χ0) is 14.7. The van der Waals surface area contributed by atoms with Crippen LogP contribution in [0.3, 0.4) is 0 Å². The Kier molecular flexibility index (Phi) is 4.46. The van der Waals surface area contributed by atoms with E-state index in [9.17, 15) is 4.79 Å². The van der Waals surface area contributed by atoms with E-state index in [4.69, 9.17) is 15.6 Å². The molecule has 2 rings (SSSR count). The van der Waals surface area contributed by atoms with Gasteiger partial charge in [-0.3, -0.25) is 4.79 Å². The predicted octanol–water partition coefficient (Wildman–Crippen LogP) is 1.99. The summed E-state index contributed by atoms with van der Waals surface area (Å²) < 4.78 is 6.20. The molecule has 0 aliphatic heterocycles. The molecule has 0 spiro atoms. The van der Waals surface area contributed by atoms with Gasteiger partial charge in [0, 0.05) is 17.3 Å². The maximum Gasteiger partial charge on any atom is 0.263 e. The molecule has 4 N–H and O–H groups in total. The number of rotatable bonds is 5. The molecule has 1 aromatic heterocycles. The number of nitrogens with two attached hydrogens (primary N) is 1. The number of aliphatic hydroxyl groups is 1. The third-order valence-electron chi connectivity index (χ3n) is 3.08. The third kappa shape index (κ3) is 2.71. The summed E-state index contributed by atoms with van der Waals surface area (Å²) in [5.41, 5.74) is 6.53.